The molecule has 3 atom stereocenters. The van der Waals surface area contributed by atoms with Gasteiger partial charge in [-0.25, -0.2) is 12.8 Å². The number of sulfonamides is 1. The van der Waals surface area contributed by atoms with E-state index in [-0.39, 0.29) is 42.6 Å². The van der Waals surface area contributed by atoms with Gasteiger partial charge in [-0.15, -0.1) is 5.10 Å². The zero-order chi connectivity index (χ0) is 24.7. The van der Waals surface area contributed by atoms with Gasteiger partial charge in [0.05, 0.1) is 23.8 Å². The molecule has 1 aromatic carbocycles. The molecule has 188 valence electrons. The molecule has 1 aliphatic heterocycles. The zero-order valence-electron chi connectivity index (χ0n) is 19.7. The molecule has 1 aliphatic rings. The van der Waals surface area contributed by atoms with Crippen LogP contribution >= 0.6 is 0 Å². The second kappa shape index (κ2) is 11.8. The van der Waals surface area contributed by atoms with Gasteiger partial charge in [0.1, 0.15) is 18.1 Å². The summed E-state index contributed by atoms with van der Waals surface area (Å²) in [7, 11) is -2.36. The number of carbonyl (C=O) groups excluding carboxylic acids is 1. The van der Waals surface area contributed by atoms with Crippen LogP contribution in [0.2, 0.25) is 0 Å². The topological polar surface area (TPSA) is 116 Å². The van der Waals surface area contributed by atoms with E-state index in [1.54, 1.807) is 10.9 Å². The molecule has 0 saturated carbocycles. The molecule has 12 heteroatoms. The first kappa shape index (κ1) is 26.2. The molecular weight excluding hydrogens is 465 g/mol. The fourth-order valence-corrected chi connectivity index (χ4v) is 4.68. The van der Waals surface area contributed by atoms with E-state index >= 15 is 0 Å². The Morgan fingerprint density at radius 3 is 2.74 bits per heavy atom. The Balaban J connectivity index is 1.75. The van der Waals surface area contributed by atoms with E-state index in [4.69, 9.17) is 9.47 Å². The van der Waals surface area contributed by atoms with Gasteiger partial charge in [0.15, 0.2) is 0 Å². The second-order valence-corrected chi connectivity index (χ2v) is 10.7. The van der Waals surface area contributed by atoms with Gasteiger partial charge in [-0.05, 0) is 43.5 Å². The first-order valence-corrected chi connectivity index (χ1v) is 12.7. The molecule has 1 N–H and O–H groups in total. The lowest BCUT2D eigenvalue weighted by Gasteiger charge is -2.29. The number of nitrogens with zero attached hydrogens (tertiary/aromatic N) is 4. The van der Waals surface area contributed by atoms with Gasteiger partial charge in [0.25, 0.3) is 0 Å². The van der Waals surface area contributed by atoms with E-state index < -0.39 is 21.9 Å². The largest absolute Gasteiger partial charge is 0.464 e. The number of halogens is 1. The lowest BCUT2D eigenvalue weighted by Crippen LogP contribution is -2.43. The van der Waals surface area contributed by atoms with E-state index in [1.807, 2.05) is 13.8 Å². The summed E-state index contributed by atoms with van der Waals surface area (Å²) in [5.41, 5.74) is 0.609. The highest BCUT2D eigenvalue weighted by Gasteiger charge is 2.28. The van der Waals surface area contributed by atoms with Crippen LogP contribution in [0.4, 0.5) is 4.39 Å². The molecule has 1 aromatic heterocycles. The van der Waals surface area contributed by atoms with E-state index in [2.05, 4.69) is 15.6 Å². The summed E-state index contributed by atoms with van der Waals surface area (Å²) in [6.45, 7) is 5.39. The van der Waals surface area contributed by atoms with Crippen molar-refractivity contribution in [3.8, 4) is 0 Å². The van der Waals surface area contributed by atoms with Crippen molar-refractivity contribution in [1.29, 1.82) is 0 Å². The monoisotopic (exact) mass is 497 g/mol. The molecule has 0 saturated heterocycles. The molecular formula is C22H32FN5O5S. The average Bonchev–Trinajstić information content (AvgIpc) is 3.26. The predicted molar refractivity (Wildman–Crippen MR) is 122 cm³/mol. The number of aryl methyl sites for hydroxylation is 1. The van der Waals surface area contributed by atoms with Crippen molar-refractivity contribution in [2.75, 3.05) is 26.7 Å². The van der Waals surface area contributed by atoms with Gasteiger partial charge in [0.2, 0.25) is 10.0 Å². The Labute approximate surface area is 199 Å². The van der Waals surface area contributed by atoms with Crippen LogP contribution in [0.3, 0.4) is 0 Å². The van der Waals surface area contributed by atoms with Gasteiger partial charge in [-0.3, -0.25) is 9.48 Å². The quantitative estimate of drug-likeness (QED) is 0.633. The summed E-state index contributed by atoms with van der Waals surface area (Å²) < 4.78 is 53.6. The Morgan fingerprint density at radius 2 is 2.00 bits per heavy atom. The molecule has 10 nitrogen and oxygen atoms in total. The van der Waals surface area contributed by atoms with Crippen molar-refractivity contribution in [3.63, 3.8) is 0 Å². The minimum atomic E-state index is -3.83. The molecule has 0 radical (unpaired) electrons. The van der Waals surface area contributed by atoms with Crippen LogP contribution in [-0.4, -0.2) is 72.6 Å². The van der Waals surface area contributed by atoms with Crippen molar-refractivity contribution < 1.29 is 27.1 Å². The van der Waals surface area contributed by atoms with Crippen molar-refractivity contribution in [3.05, 3.63) is 42.0 Å². The van der Waals surface area contributed by atoms with Crippen LogP contribution in [-0.2, 0) is 37.4 Å². The molecule has 2 heterocycles. The molecule has 0 spiro atoms. The molecule has 0 unspecified atom stereocenters. The molecule has 0 fully saturated rings. The third-order valence-electron chi connectivity index (χ3n) is 5.68. The number of cyclic esters (lactones) is 1. The van der Waals surface area contributed by atoms with Gasteiger partial charge >= 0.3 is 5.97 Å². The van der Waals surface area contributed by atoms with E-state index in [9.17, 15) is 17.6 Å². The Bertz CT molecular complexity index is 1050. The van der Waals surface area contributed by atoms with Gasteiger partial charge < -0.3 is 14.8 Å². The maximum absolute atomic E-state index is 13.3. The standard InChI is InChI=1S/C22H32FN5O5S/c1-16-11-24-17(2)14-33-22(29)5-4-10-28-12-19(25-26-28)15-32-21(16)13-27(3)34(30,31)20-8-6-18(23)7-9-20/h6-9,12,16-17,21,24H,4-5,10-11,13-15H2,1-3H3/t16-,17-,21-/m0/s1. The number of likely N-dealkylation sites (N-methyl/N-ethyl adjacent to an activating group) is 1. The first-order chi connectivity index (χ1) is 16.1. The summed E-state index contributed by atoms with van der Waals surface area (Å²) in [4.78, 5) is 12.0. The van der Waals surface area contributed by atoms with Gasteiger partial charge in [0, 0.05) is 39.1 Å². The Kier molecular flexibility index (Phi) is 9.11. The maximum Gasteiger partial charge on any atom is 0.305 e. The number of ether oxygens (including phenoxy) is 2. The Morgan fingerprint density at radius 1 is 1.26 bits per heavy atom. The maximum atomic E-state index is 13.3. The van der Waals surface area contributed by atoms with Crippen LogP contribution in [0.15, 0.2) is 35.4 Å². The summed E-state index contributed by atoms with van der Waals surface area (Å²) in [6, 6.07) is 4.65. The van der Waals surface area contributed by atoms with Crippen molar-refractivity contribution >= 4 is 16.0 Å². The molecule has 2 aromatic rings. The zero-order valence-corrected chi connectivity index (χ0v) is 20.5. The third kappa shape index (κ3) is 7.29. The number of aromatic nitrogens is 3. The summed E-state index contributed by atoms with van der Waals surface area (Å²) in [6.07, 6.45) is 2.15. The number of rotatable bonds is 4. The lowest BCUT2D eigenvalue weighted by molar-refractivity contribution is -0.144. The van der Waals surface area contributed by atoms with Crippen LogP contribution in [0.25, 0.3) is 0 Å². The van der Waals surface area contributed by atoms with Gasteiger partial charge in [-0.2, -0.15) is 4.31 Å². The fraction of sp³-hybridized carbons (Fsp3) is 0.591. The number of nitrogens with one attached hydrogen (secondary N) is 1. The van der Waals surface area contributed by atoms with Crippen LogP contribution in [0.5, 0.6) is 0 Å². The van der Waals surface area contributed by atoms with Crippen molar-refractivity contribution in [1.82, 2.24) is 24.6 Å². The summed E-state index contributed by atoms with van der Waals surface area (Å²) in [5, 5.41) is 11.5. The van der Waals surface area contributed by atoms with Crippen LogP contribution in [0.1, 0.15) is 32.4 Å². The van der Waals surface area contributed by atoms with Crippen molar-refractivity contribution in [2.24, 2.45) is 5.92 Å². The highest BCUT2D eigenvalue weighted by molar-refractivity contribution is 7.89. The number of carbonyl (C=O) groups is 1. The normalized spacial score (nSPS) is 23.6. The smallest absolute Gasteiger partial charge is 0.305 e. The van der Waals surface area contributed by atoms with E-state index in [1.165, 1.54) is 23.5 Å². The molecule has 2 bridgehead atoms. The minimum Gasteiger partial charge on any atom is -0.464 e. The summed E-state index contributed by atoms with van der Waals surface area (Å²) in [5.74, 6) is -0.857. The number of esters is 1. The molecule has 34 heavy (non-hydrogen) atoms. The highest BCUT2D eigenvalue weighted by atomic mass is 32.2. The predicted octanol–water partition coefficient (Wildman–Crippen LogP) is 1.57. The van der Waals surface area contributed by atoms with Crippen molar-refractivity contribution in [2.45, 2.75) is 56.9 Å². The Hall–Kier alpha value is -2.41. The molecule has 0 aliphatic carbocycles. The average molecular weight is 498 g/mol. The van der Waals surface area contributed by atoms with Gasteiger partial charge in [-0.1, -0.05) is 12.1 Å². The molecule has 0 amide bonds. The van der Waals surface area contributed by atoms with Crippen LogP contribution in [0, 0.1) is 11.7 Å². The van der Waals surface area contributed by atoms with E-state index in [0.29, 0.717) is 31.6 Å². The minimum absolute atomic E-state index is 0.00812. The SMILES string of the molecule is C[C@H]1COC(=O)CCCn2cc(nn2)CO[C@@H](CN(C)S(=O)(=O)c2ccc(F)cc2)[C@@H](C)CN1. The highest BCUT2D eigenvalue weighted by Crippen LogP contribution is 2.19. The lowest BCUT2D eigenvalue weighted by atomic mass is 10.0. The van der Waals surface area contributed by atoms with E-state index in [0.717, 1.165) is 12.1 Å². The number of benzene rings is 1. The number of hydrogen-bond donors (Lipinski definition) is 1. The number of hydrogen-bond acceptors (Lipinski definition) is 8. The fourth-order valence-electron chi connectivity index (χ4n) is 3.49. The summed E-state index contributed by atoms with van der Waals surface area (Å²) >= 11 is 0. The first-order valence-electron chi connectivity index (χ1n) is 11.3. The third-order valence-corrected chi connectivity index (χ3v) is 7.51. The number of fused-ring (bicyclic) bond motifs is 2. The molecule has 3 rings (SSSR count). The second-order valence-electron chi connectivity index (χ2n) is 8.64. The van der Waals surface area contributed by atoms with Crippen LogP contribution < -0.4 is 5.32 Å².